The molecular formula is C16H19NO3. The number of carboxylic acid groups (broad SMARTS) is 1. The van der Waals surface area contributed by atoms with Crippen LogP contribution in [0.25, 0.3) is 11.3 Å². The molecular weight excluding hydrogens is 254 g/mol. The fourth-order valence-electron chi connectivity index (χ4n) is 2.05. The zero-order valence-electron chi connectivity index (χ0n) is 11.7. The van der Waals surface area contributed by atoms with Gasteiger partial charge in [-0.2, -0.15) is 0 Å². The number of furan rings is 1. The van der Waals surface area contributed by atoms with E-state index in [-0.39, 0.29) is 5.92 Å². The Morgan fingerprint density at radius 2 is 1.90 bits per heavy atom. The first-order chi connectivity index (χ1) is 9.58. The highest BCUT2D eigenvalue weighted by Crippen LogP contribution is 2.21. The Labute approximate surface area is 118 Å². The maximum Gasteiger partial charge on any atom is 0.320 e. The van der Waals surface area contributed by atoms with Gasteiger partial charge in [-0.3, -0.25) is 10.1 Å². The highest BCUT2D eigenvalue weighted by atomic mass is 16.4. The van der Waals surface area contributed by atoms with Crippen LogP contribution in [0.2, 0.25) is 0 Å². The van der Waals surface area contributed by atoms with E-state index in [2.05, 4.69) is 5.32 Å². The lowest BCUT2D eigenvalue weighted by molar-refractivity contribution is -0.140. The fourth-order valence-corrected chi connectivity index (χ4v) is 2.05. The molecule has 106 valence electrons. The van der Waals surface area contributed by atoms with Gasteiger partial charge in [0.25, 0.3) is 0 Å². The predicted molar refractivity (Wildman–Crippen MR) is 77.2 cm³/mol. The Bertz CT molecular complexity index is 560. The Balaban J connectivity index is 2.02. The van der Waals surface area contributed by atoms with E-state index in [4.69, 9.17) is 9.52 Å². The summed E-state index contributed by atoms with van der Waals surface area (Å²) in [4.78, 5) is 11.1. The van der Waals surface area contributed by atoms with E-state index in [0.717, 1.165) is 17.1 Å². The summed E-state index contributed by atoms with van der Waals surface area (Å²) in [6.45, 7) is 4.16. The Morgan fingerprint density at radius 3 is 2.50 bits per heavy atom. The highest BCUT2D eigenvalue weighted by molar-refractivity contribution is 5.73. The summed E-state index contributed by atoms with van der Waals surface area (Å²) >= 11 is 0. The van der Waals surface area contributed by atoms with Crippen molar-refractivity contribution >= 4 is 5.97 Å². The Morgan fingerprint density at radius 1 is 1.20 bits per heavy atom. The minimum absolute atomic E-state index is 0.0241. The zero-order chi connectivity index (χ0) is 14.5. The molecule has 20 heavy (non-hydrogen) atoms. The molecule has 0 saturated heterocycles. The smallest absolute Gasteiger partial charge is 0.320 e. The van der Waals surface area contributed by atoms with E-state index in [1.165, 1.54) is 0 Å². The van der Waals surface area contributed by atoms with Crippen molar-refractivity contribution in [2.45, 2.75) is 26.4 Å². The fraction of sp³-hybridized carbons (Fsp3) is 0.312. The summed E-state index contributed by atoms with van der Waals surface area (Å²) in [5, 5.41) is 12.1. The van der Waals surface area contributed by atoms with Crippen LogP contribution >= 0.6 is 0 Å². The van der Waals surface area contributed by atoms with E-state index < -0.39 is 12.0 Å². The molecule has 0 aliphatic carbocycles. The third-order valence-corrected chi connectivity index (χ3v) is 3.15. The molecule has 4 nitrogen and oxygen atoms in total. The van der Waals surface area contributed by atoms with Crippen molar-refractivity contribution in [3.8, 4) is 11.3 Å². The van der Waals surface area contributed by atoms with E-state index in [0.29, 0.717) is 6.54 Å². The van der Waals surface area contributed by atoms with Gasteiger partial charge in [0.15, 0.2) is 0 Å². The van der Waals surface area contributed by atoms with Gasteiger partial charge >= 0.3 is 5.97 Å². The van der Waals surface area contributed by atoms with Gasteiger partial charge in [-0.05, 0) is 18.1 Å². The van der Waals surface area contributed by atoms with Crippen LogP contribution in [0.5, 0.6) is 0 Å². The first kappa shape index (κ1) is 14.3. The molecule has 0 fully saturated rings. The lowest BCUT2D eigenvalue weighted by atomic mass is 10.1. The van der Waals surface area contributed by atoms with E-state index in [1.54, 1.807) is 0 Å². The van der Waals surface area contributed by atoms with Crippen LogP contribution < -0.4 is 5.32 Å². The number of hydrogen-bond donors (Lipinski definition) is 2. The molecule has 2 aromatic rings. The van der Waals surface area contributed by atoms with Crippen molar-refractivity contribution in [3.63, 3.8) is 0 Å². The number of rotatable bonds is 6. The quantitative estimate of drug-likeness (QED) is 0.848. The van der Waals surface area contributed by atoms with Crippen molar-refractivity contribution in [3.05, 3.63) is 48.2 Å². The molecule has 1 heterocycles. The number of nitrogens with one attached hydrogen (secondary N) is 1. The van der Waals surface area contributed by atoms with Crippen molar-refractivity contribution in [1.29, 1.82) is 0 Å². The van der Waals surface area contributed by atoms with Crippen molar-refractivity contribution < 1.29 is 14.3 Å². The van der Waals surface area contributed by atoms with Gasteiger partial charge in [0.1, 0.15) is 17.6 Å². The van der Waals surface area contributed by atoms with E-state index >= 15 is 0 Å². The van der Waals surface area contributed by atoms with Gasteiger partial charge in [-0.15, -0.1) is 0 Å². The summed E-state index contributed by atoms with van der Waals surface area (Å²) in [7, 11) is 0. The van der Waals surface area contributed by atoms with Crippen molar-refractivity contribution in [1.82, 2.24) is 5.32 Å². The molecule has 0 radical (unpaired) electrons. The van der Waals surface area contributed by atoms with E-state index in [1.807, 2.05) is 56.3 Å². The Kier molecular flexibility index (Phi) is 4.58. The lowest BCUT2D eigenvalue weighted by Gasteiger charge is -2.16. The molecule has 1 aromatic heterocycles. The standard InChI is InChI=1S/C16H19NO3/c1-11(2)15(16(18)19)17-10-13-8-9-14(20-13)12-6-4-3-5-7-12/h3-9,11,15,17H,10H2,1-2H3,(H,18,19)/t15-/m0/s1. The molecule has 0 aliphatic heterocycles. The first-order valence-corrected chi connectivity index (χ1v) is 6.68. The van der Waals surface area contributed by atoms with Gasteiger partial charge in [0, 0.05) is 5.56 Å². The van der Waals surface area contributed by atoms with Gasteiger partial charge in [0.2, 0.25) is 0 Å². The molecule has 0 unspecified atom stereocenters. The number of benzene rings is 1. The second-order valence-electron chi connectivity index (χ2n) is 5.07. The monoisotopic (exact) mass is 273 g/mol. The Hall–Kier alpha value is -2.07. The molecule has 0 aliphatic rings. The highest BCUT2D eigenvalue weighted by Gasteiger charge is 2.20. The van der Waals surface area contributed by atoms with Crippen LogP contribution in [0, 0.1) is 5.92 Å². The van der Waals surface area contributed by atoms with Crippen LogP contribution in [0.4, 0.5) is 0 Å². The second-order valence-corrected chi connectivity index (χ2v) is 5.07. The molecule has 0 amide bonds. The van der Waals surface area contributed by atoms with Gasteiger partial charge in [0.05, 0.1) is 6.54 Å². The van der Waals surface area contributed by atoms with Crippen LogP contribution in [-0.4, -0.2) is 17.1 Å². The number of carbonyl (C=O) groups is 1. The third kappa shape index (κ3) is 3.48. The predicted octanol–water partition coefficient (Wildman–Crippen LogP) is 3.15. The maximum absolute atomic E-state index is 11.1. The number of carboxylic acids is 1. The first-order valence-electron chi connectivity index (χ1n) is 6.68. The average Bonchev–Trinajstić information content (AvgIpc) is 2.88. The SMILES string of the molecule is CC(C)[C@H](NCc1ccc(-c2ccccc2)o1)C(=O)O. The summed E-state index contributed by atoms with van der Waals surface area (Å²) in [6, 6.07) is 13.0. The van der Waals surface area contributed by atoms with Gasteiger partial charge < -0.3 is 9.52 Å². The lowest BCUT2D eigenvalue weighted by Crippen LogP contribution is -2.40. The summed E-state index contributed by atoms with van der Waals surface area (Å²) < 4.78 is 5.72. The molecule has 0 spiro atoms. The number of aliphatic carboxylic acids is 1. The molecule has 2 N–H and O–H groups in total. The van der Waals surface area contributed by atoms with Crippen molar-refractivity contribution in [2.24, 2.45) is 5.92 Å². The topological polar surface area (TPSA) is 62.5 Å². The minimum Gasteiger partial charge on any atom is -0.480 e. The molecule has 0 bridgehead atoms. The van der Waals surface area contributed by atoms with Gasteiger partial charge in [-0.25, -0.2) is 0 Å². The summed E-state index contributed by atoms with van der Waals surface area (Å²) in [5.41, 5.74) is 1.01. The molecule has 1 aromatic carbocycles. The number of hydrogen-bond acceptors (Lipinski definition) is 3. The normalized spacial score (nSPS) is 12.6. The molecule has 0 saturated carbocycles. The van der Waals surface area contributed by atoms with Crippen LogP contribution in [0.3, 0.4) is 0 Å². The van der Waals surface area contributed by atoms with Crippen LogP contribution in [0.15, 0.2) is 46.9 Å². The summed E-state index contributed by atoms with van der Waals surface area (Å²) in [6.07, 6.45) is 0. The zero-order valence-corrected chi connectivity index (χ0v) is 11.7. The largest absolute Gasteiger partial charge is 0.480 e. The molecule has 4 heteroatoms. The molecule has 2 rings (SSSR count). The molecule has 1 atom stereocenters. The minimum atomic E-state index is -0.838. The van der Waals surface area contributed by atoms with Crippen LogP contribution in [0.1, 0.15) is 19.6 Å². The second kappa shape index (κ2) is 6.39. The van der Waals surface area contributed by atoms with Crippen molar-refractivity contribution in [2.75, 3.05) is 0 Å². The average molecular weight is 273 g/mol. The maximum atomic E-state index is 11.1. The third-order valence-electron chi connectivity index (χ3n) is 3.15. The van der Waals surface area contributed by atoms with E-state index in [9.17, 15) is 4.79 Å². The summed E-state index contributed by atoms with van der Waals surface area (Å²) in [5.74, 6) is 0.709. The van der Waals surface area contributed by atoms with Crippen LogP contribution in [-0.2, 0) is 11.3 Å². The van der Waals surface area contributed by atoms with Gasteiger partial charge in [-0.1, -0.05) is 44.2 Å².